The van der Waals surface area contributed by atoms with E-state index in [4.69, 9.17) is 21.1 Å². The van der Waals surface area contributed by atoms with E-state index >= 15 is 0 Å². The average molecular weight is 575 g/mol. The highest BCUT2D eigenvalue weighted by Gasteiger charge is 2.31. The second-order valence-corrected chi connectivity index (χ2v) is 10.7. The SMILES string of the molecule is CCN1C(=O)/C(=C/c2cc(I)c(OS(=O)(=O)c3ccc(C)cc3)c(OC)c2)SC1=S. The predicted molar refractivity (Wildman–Crippen MR) is 130 cm³/mol. The number of aryl methyl sites for hydroxylation is 1. The Morgan fingerprint density at radius 1 is 1.23 bits per heavy atom. The lowest BCUT2D eigenvalue weighted by molar-refractivity contribution is -0.121. The highest BCUT2D eigenvalue weighted by Crippen LogP contribution is 2.38. The van der Waals surface area contributed by atoms with Crippen molar-refractivity contribution in [3.05, 3.63) is 56.0 Å². The smallest absolute Gasteiger partial charge is 0.339 e. The van der Waals surface area contributed by atoms with Crippen LogP contribution >= 0.6 is 46.6 Å². The molecule has 3 rings (SSSR count). The zero-order valence-corrected chi connectivity index (χ0v) is 20.9. The number of thiocarbonyl (C=S) groups is 1. The number of likely N-dealkylation sites (N-methyl/N-ethyl adjacent to an activating group) is 1. The van der Waals surface area contributed by atoms with Gasteiger partial charge < -0.3 is 8.92 Å². The molecule has 6 nitrogen and oxygen atoms in total. The quantitative estimate of drug-likeness (QED) is 0.216. The van der Waals surface area contributed by atoms with E-state index < -0.39 is 10.1 Å². The summed E-state index contributed by atoms with van der Waals surface area (Å²) in [5, 5.41) is 0. The maximum Gasteiger partial charge on any atom is 0.339 e. The number of amides is 1. The number of carbonyl (C=O) groups excluding carboxylic acids is 1. The van der Waals surface area contributed by atoms with Crippen molar-refractivity contribution in [2.24, 2.45) is 0 Å². The first-order chi connectivity index (χ1) is 14.2. The van der Waals surface area contributed by atoms with Crippen LogP contribution in [0.2, 0.25) is 0 Å². The number of halogens is 1. The maximum absolute atomic E-state index is 12.7. The summed E-state index contributed by atoms with van der Waals surface area (Å²) in [6, 6.07) is 9.74. The molecule has 0 unspecified atom stereocenters. The molecule has 1 fully saturated rings. The minimum atomic E-state index is -4.03. The molecule has 1 aliphatic rings. The molecule has 2 aromatic carbocycles. The first kappa shape index (κ1) is 23.0. The normalized spacial score (nSPS) is 15.7. The Morgan fingerprint density at radius 2 is 1.90 bits per heavy atom. The van der Waals surface area contributed by atoms with Gasteiger partial charge in [-0.1, -0.05) is 41.7 Å². The monoisotopic (exact) mass is 575 g/mol. The summed E-state index contributed by atoms with van der Waals surface area (Å²) < 4.78 is 37.2. The van der Waals surface area contributed by atoms with Gasteiger partial charge in [-0.15, -0.1) is 0 Å². The highest BCUT2D eigenvalue weighted by atomic mass is 127. The number of ether oxygens (including phenoxy) is 1. The van der Waals surface area contributed by atoms with Crippen molar-refractivity contribution in [3.63, 3.8) is 0 Å². The van der Waals surface area contributed by atoms with E-state index in [0.717, 1.165) is 5.56 Å². The van der Waals surface area contributed by atoms with E-state index in [1.54, 1.807) is 30.3 Å². The summed E-state index contributed by atoms with van der Waals surface area (Å²) in [4.78, 5) is 14.5. The Bertz CT molecular complexity index is 1140. The highest BCUT2D eigenvalue weighted by molar-refractivity contribution is 14.1. The molecular weight excluding hydrogens is 557 g/mol. The van der Waals surface area contributed by atoms with Gasteiger partial charge >= 0.3 is 10.1 Å². The molecule has 1 saturated heterocycles. The third-order valence-electron chi connectivity index (χ3n) is 4.24. The Labute approximate surface area is 198 Å². The molecule has 0 saturated carbocycles. The molecule has 1 aliphatic heterocycles. The van der Waals surface area contributed by atoms with Crippen molar-refractivity contribution in [1.29, 1.82) is 0 Å². The number of methoxy groups -OCH3 is 1. The maximum atomic E-state index is 12.7. The lowest BCUT2D eigenvalue weighted by atomic mass is 10.2. The Kier molecular flexibility index (Phi) is 7.10. The molecule has 0 radical (unpaired) electrons. The molecule has 0 N–H and O–H groups in total. The van der Waals surface area contributed by atoms with Gasteiger partial charge in [-0.05, 0) is 72.3 Å². The first-order valence-electron chi connectivity index (χ1n) is 8.80. The zero-order valence-electron chi connectivity index (χ0n) is 16.3. The van der Waals surface area contributed by atoms with Gasteiger partial charge in [0.1, 0.15) is 9.22 Å². The van der Waals surface area contributed by atoms with Crippen LogP contribution in [0.3, 0.4) is 0 Å². The van der Waals surface area contributed by atoms with E-state index in [0.29, 0.717) is 24.9 Å². The summed E-state index contributed by atoms with van der Waals surface area (Å²) in [5.74, 6) is 0.190. The van der Waals surface area contributed by atoms with Crippen LogP contribution in [-0.2, 0) is 14.9 Å². The van der Waals surface area contributed by atoms with Crippen LogP contribution in [-0.4, -0.2) is 37.2 Å². The lowest BCUT2D eigenvalue weighted by Gasteiger charge is -2.14. The fourth-order valence-electron chi connectivity index (χ4n) is 2.69. The molecule has 0 aromatic heterocycles. The van der Waals surface area contributed by atoms with Gasteiger partial charge in [0.2, 0.25) is 0 Å². The van der Waals surface area contributed by atoms with Gasteiger partial charge in [0.25, 0.3) is 5.91 Å². The Hall–Kier alpha value is -1.63. The summed E-state index contributed by atoms with van der Waals surface area (Å²) in [5.41, 5.74) is 1.62. The fraction of sp³-hybridized carbons (Fsp3) is 0.200. The third kappa shape index (κ3) is 4.82. The largest absolute Gasteiger partial charge is 0.493 e. The molecule has 158 valence electrons. The summed E-state index contributed by atoms with van der Waals surface area (Å²) in [7, 11) is -2.60. The number of thioether (sulfide) groups is 1. The van der Waals surface area contributed by atoms with Crippen LogP contribution in [0.5, 0.6) is 11.5 Å². The van der Waals surface area contributed by atoms with Gasteiger partial charge in [0, 0.05) is 6.54 Å². The van der Waals surface area contributed by atoms with E-state index in [2.05, 4.69) is 0 Å². The number of hydrogen-bond acceptors (Lipinski definition) is 7. The topological polar surface area (TPSA) is 72.9 Å². The molecule has 0 bridgehead atoms. The number of hydrogen-bond donors (Lipinski definition) is 0. The van der Waals surface area contributed by atoms with Crippen molar-refractivity contribution in [1.82, 2.24) is 4.90 Å². The van der Waals surface area contributed by atoms with Crippen molar-refractivity contribution in [2.75, 3.05) is 13.7 Å². The van der Waals surface area contributed by atoms with E-state index in [1.807, 2.05) is 36.4 Å². The predicted octanol–water partition coefficient (Wildman–Crippen LogP) is 4.60. The van der Waals surface area contributed by atoms with Gasteiger partial charge in [0.15, 0.2) is 11.5 Å². The molecule has 0 spiro atoms. The summed E-state index contributed by atoms with van der Waals surface area (Å²) in [6.07, 6.45) is 1.71. The average Bonchev–Trinajstić information content (AvgIpc) is 2.96. The Balaban J connectivity index is 1.95. The second kappa shape index (κ2) is 9.25. The zero-order chi connectivity index (χ0) is 22.1. The fourth-order valence-corrected chi connectivity index (χ4v) is 5.92. The minimum Gasteiger partial charge on any atom is -0.493 e. The molecule has 1 amide bonds. The van der Waals surface area contributed by atoms with Crippen LogP contribution in [0.1, 0.15) is 18.1 Å². The van der Waals surface area contributed by atoms with Gasteiger partial charge in [-0.2, -0.15) is 8.42 Å². The third-order valence-corrected chi connectivity index (χ3v) is 7.66. The second-order valence-electron chi connectivity index (χ2n) is 6.31. The molecule has 2 aromatic rings. The summed E-state index contributed by atoms with van der Waals surface area (Å²) in [6.45, 7) is 4.24. The Morgan fingerprint density at radius 3 is 2.47 bits per heavy atom. The number of rotatable bonds is 6. The lowest BCUT2D eigenvalue weighted by Crippen LogP contribution is -2.27. The molecule has 10 heteroatoms. The van der Waals surface area contributed by atoms with Gasteiger partial charge in [-0.3, -0.25) is 9.69 Å². The van der Waals surface area contributed by atoms with Crippen molar-refractivity contribution < 1.29 is 22.1 Å². The van der Waals surface area contributed by atoms with Gasteiger partial charge in [0.05, 0.1) is 15.6 Å². The van der Waals surface area contributed by atoms with Crippen molar-refractivity contribution in [3.8, 4) is 11.5 Å². The van der Waals surface area contributed by atoms with Gasteiger partial charge in [-0.25, -0.2) is 0 Å². The van der Waals surface area contributed by atoms with Crippen LogP contribution in [0.25, 0.3) is 6.08 Å². The van der Waals surface area contributed by atoms with Crippen molar-refractivity contribution in [2.45, 2.75) is 18.7 Å². The molecular formula is C20H18INO5S3. The standard InChI is InChI=1S/C20H18INO5S3/c1-4-22-19(23)17(29-20(22)28)11-13-9-15(21)18(16(10-13)26-3)27-30(24,25)14-7-5-12(2)6-8-14/h5-11H,4H2,1-3H3/b17-11-. The number of nitrogens with zero attached hydrogens (tertiary/aromatic N) is 1. The number of benzene rings is 2. The minimum absolute atomic E-state index is 0.0540. The van der Waals surface area contributed by atoms with E-state index in [9.17, 15) is 13.2 Å². The van der Waals surface area contributed by atoms with E-state index in [1.165, 1.54) is 35.9 Å². The molecule has 0 aliphatic carbocycles. The van der Waals surface area contributed by atoms with Crippen LogP contribution < -0.4 is 8.92 Å². The summed E-state index contributed by atoms with van der Waals surface area (Å²) >= 11 is 8.45. The van der Waals surface area contributed by atoms with Crippen LogP contribution in [0.4, 0.5) is 0 Å². The van der Waals surface area contributed by atoms with E-state index in [-0.39, 0.29) is 22.3 Å². The van der Waals surface area contributed by atoms with Crippen molar-refractivity contribution >= 4 is 73.0 Å². The molecule has 0 atom stereocenters. The van der Waals surface area contributed by atoms with Crippen LogP contribution in [0, 0.1) is 10.5 Å². The first-order valence-corrected chi connectivity index (χ1v) is 12.5. The molecule has 30 heavy (non-hydrogen) atoms. The van der Waals surface area contributed by atoms with Crippen LogP contribution in [0.15, 0.2) is 46.2 Å². The number of carbonyl (C=O) groups is 1. The molecule has 1 heterocycles.